The van der Waals surface area contributed by atoms with Gasteiger partial charge in [-0.2, -0.15) is 11.8 Å². The number of benzene rings is 2. The summed E-state index contributed by atoms with van der Waals surface area (Å²) in [6.07, 6.45) is 0.0925. The first-order valence-corrected chi connectivity index (χ1v) is 8.44. The third kappa shape index (κ3) is 5.53. The Kier molecular flexibility index (Phi) is 6.46. The number of halogens is 1. The van der Waals surface area contributed by atoms with Gasteiger partial charge in [-0.3, -0.25) is 4.79 Å². The molecule has 0 heterocycles. The molecular weight excluding hydrogens is 297 g/mol. The molecule has 0 aliphatic carbocycles. The van der Waals surface area contributed by atoms with Gasteiger partial charge in [0.05, 0.1) is 6.42 Å². The Balaban J connectivity index is 1.64. The molecule has 2 aromatic rings. The first kappa shape index (κ1) is 16.6. The van der Waals surface area contributed by atoms with E-state index in [0.29, 0.717) is 12.1 Å². The van der Waals surface area contributed by atoms with Crippen LogP contribution in [0.1, 0.15) is 16.7 Å². The zero-order valence-electron chi connectivity index (χ0n) is 12.6. The highest BCUT2D eigenvalue weighted by Gasteiger charge is 2.06. The number of rotatable bonds is 7. The van der Waals surface area contributed by atoms with E-state index in [-0.39, 0.29) is 18.1 Å². The second-order valence-electron chi connectivity index (χ2n) is 5.16. The summed E-state index contributed by atoms with van der Waals surface area (Å²) < 4.78 is 13.4. The van der Waals surface area contributed by atoms with Crippen LogP contribution >= 0.6 is 11.8 Å². The average molecular weight is 317 g/mol. The van der Waals surface area contributed by atoms with E-state index in [1.807, 2.05) is 0 Å². The van der Waals surface area contributed by atoms with Crippen LogP contribution in [0.25, 0.3) is 0 Å². The summed E-state index contributed by atoms with van der Waals surface area (Å²) in [6.45, 7) is 2.68. The van der Waals surface area contributed by atoms with E-state index in [9.17, 15) is 9.18 Å². The van der Waals surface area contributed by atoms with Gasteiger partial charge in [-0.25, -0.2) is 4.39 Å². The quantitative estimate of drug-likeness (QED) is 0.789. The van der Waals surface area contributed by atoms with Gasteiger partial charge in [0.15, 0.2) is 0 Å². The minimum absolute atomic E-state index is 0.0925. The summed E-state index contributed by atoms with van der Waals surface area (Å²) in [5.41, 5.74) is 2.99. The highest BCUT2D eigenvalue weighted by molar-refractivity contribution is 7.98. The molecule has 0 radical (unpaired) electrons. The predicted octanol–water partition coefficient (Wildman–Crippen LogP) is 3.73. The maximum atomic E-state index is 13.4. The molecule has 1 amide bonds. The third-order valence-corrected chi connectivity index (χ3v) is 4.26. The van der Waals surface area contributed by atoms with Gasteiger partial charge in [0.25, 0.3) is 0 Å². The van der Waals surface area contributed by atoms with Crippen molar-refractivity contribution in [2.75, 3.05) is 12.3 Å². The molecule has 0 saturated carbocycles. The SMILES string of the molecule is Cc1cccc(CSCCNC(=O)Cc2ccccc2F)c1. The second kappa shape index (κ2) is 8.59. The fraction of sp³-hybridized carbons (Fsp3) is 0.278. The Morgan fingerprint density at radius 2 is 2.00 bits per heavy atom. The number of carbonyl (C=O) groups excluding carboxylic acids is 1. The lowest BCUT2D eigenvalue weighted by Gasteiger charge is -2.06. The number of thioether (sulfide) groups is 1. The van der Waals surface area contributed by atoms with Crippen LogP contribution in [0.2, 0.25) is 0 Å². The van der Waals surface area contributed by atoms with Crippen LogP contribution in [0, 0.1) is 12.7 Å². The number of nitrogens with one attached hydrogen (secondary N) is 1. The lowest BCUT2D eigenvalue weighted by Crippen LogP contribution is -2.27. The molecule has 2 nitrogen and oxygen atoms in total. The van der Waals surface area contributed by atoms with Gasteiger partial charge in [-0.15, -0.1) is 0 Å². The van der Waals surface area contributed by atoms with E-state index in [0.717, 1.165) is 11.5 Å². The molecule has 0 atom stereocenters. The van der Waals surface area contributed by atoms with Gasteiger partial charge in [-0.1, -0.05) is 48.0 Å². The number of amides is 1. The first-order valence-electron chi connectivity index (χ1n) is 7.28. The monoisotopic (exact) mass is 317 g/mol. The fourth-order valence-corrected chi connectivity index (χ4v) is 2.94. The topological polar surface area (TPSA) is 29.1 Å². The van der Waals surface area contributed by atoms with Crippen molar-refractivity contribution < 1.29 is 9.18 Å². The van der Waals surface area contributed by atoms with Gasteiger partial charge in [0.2, 0.25) is 5.91 Å². The van der Waals surface area contributed by atoms with E-state index >= 15 is 0 Å². The molecule has 1 N–H and O–H groups in total. The smallest absolute Gasteiger partial charge is 0.224 e. The lowest BCUT2D eigenvalue weighted by molar-refractivity contribution is -0.120. The molecule has 0 unspecified atom stereocenters. The minimum atomic E-state index is -0.327. The summed E-state index contributed by atoms with van der Waals surface area (Å²) in [5, 5.41) is 2.83. The minimum Gasteiger partial charge on any atom is -0.355 e. The number of aryl methyl sites for hydroxylation is 1. The summed E-state index contributed by atoms with van der Waals surface area (Å²) in [5.74, 6) is 1.31. The van der Waals surface area contributed by atoms with Gasteiger partial charge in [-0.05, 0) is 24.1 Å². The zero-order valence-corrected chi connectivity index (χ0v) is 13.5. The Morgan fingerprint density at radius 1 is 1.18 bits per heavy atom. The van der Waals surface area contributed by atoms with Gasteiger partial charge in [0, 0.05) is 18.1 Å². The molecular formula is C18H20FNOS. The van der Waals surface area contributed by atoms with Crippen molar-refractivity contribution >= 4 is 17.7 Å². The van der Waals surface area contributed by atoms with Crippen LogP contribution in [-0.4, -0.2) is 18.2 Å². The van der Waals surface area contributed by atoms with Crippen molar-refractivity contribution in [3.05, 3.63) is 71.0 Å². The third-order valence-electron chi connectivity index (χ3n) is 3.23. The largest absolute Gasteiger partial charge is 0.355 e. The summed E-state index contributed by atoms with van der Waals surface area (Å²) in [7, 11) is 0. The first-order chi connectivity index (χ1) is 10.6. The molecule has 4 heteroatoms. The van der Waals surface area contributed by atoms with E-state index < -0.39 is 0 Å². The van der Waals surface area contributed by atoms with Gasteiger partial charge < -0.3 is 5.32 Å². The van der Waals surface area contributed by atoms with Crippen LogP contribution in [-0.2, 0) is 17.0 Å². The molecule has 0 aliphatic rings. The maximum Gasteiger partial charge on any atom is 0.224 e. The molecule has 22 heavy (non-hydrogen) atoms. The van der Waals surface area contributed by atoms with Gasteiger partial charge in [0.1, 0.15) is 5.82 Å². The Hall–Kier alpha value is -1.81. The number of hydrogen-bond donors (Lipinski definition) is 1. The maximum absolute atomic E-state index is 13.4. The van der Waals surface area contributed by atoms with Crippen LogP contribution < -0.4 is 5.32 Å². The van der Waals surface area contributed by atoms with E-state index in [2.05, 4.69) is 36.5 Å². The second-order valence-corrected chi connectivity index (χ2v) is 6.26. The summed E-state index contributed by atoms with van der Waals surface area (Å²) in [4.78, 5) is 11.8. The summed E-state index contributed by atoms with van der Waals surface area (Å²) in [6, 6.07) is 14.8. The molecule has 116 valence electrons. The highest BCUT2D eigenvalue weighted by Crippen LogP contribution is 2.13. The van der Waals surface area contributed by atoms with E-state index in [1.54, 1.807) is 30.0 Å². The van der Waals surface area contributed by atoms with Crippen LogP contribution in [0.15, 0.2) is 48.5 Å². The van der Waals surface area contributed by atoms with E-state index in [1.165, 1.54) is 17.2 Å². The fourth-order valence-electron chi connectivity index (χ4n) is 2.13. The standard InChI is InChI=1S/C18H20FNOS/c1-14-5-4-6-15(11-14)13-22-10-9-20-18(21)12-16-7-2-3-8-17(16)19/h2-8,11H,9-10,12-13H2,1H3,(H,20,21). The summed E-state index contributed by atoms with van der Waals surface area (Å²) >= 11 is 1.78. The molecule has 2 aromatic carbocycles. The molecule has 0 bridgehead atoms. The molecule has 2 rings (SSSR count). The van der Waals surface area contributed by atoms with Crippen LogP contribution in [0.5, 0.6) is 0 Å². The Morgan fingerprint density at radius 3 is 2.77 bits per heavy atom. The van der Waals surface area contributed by atoms with Crippen molar-refractivity contribution in [2.45, 2.75) is 19.1 Å². The normalized spacial score (nSPS) is 10.5. The molecule has 0 aliphatic heterocycles. The number of hydrogen-bond acceptors (Lipinski definition) is 2. The van der Waals surface area contributed by atoms with Crippen molar-refractivity contribution in [1.82, 2.24) is 5.32 Å². The van der Waals surface area contributed by atoms with Crippen molar-refractivity contribution in [2.24, 2.45) is 0 Å². The van der Waals surface area contributed by atoms with Gasteiger partial charge >= 0.3 is 0 Å². The van der Waals surface area contributed by atoms with Crippen molar-refractivity contribution in [3.63, 3.8) is 0 Å². The molecule has 0 saturated heterocycles. The average Bonchev–Trinajstić information content (AvgIpc) is 2.49. The highest BCUT2D eigenvalue weighted by atomic mass is 32.2. The predicted molar refractivity (Wildman–Crippen MR) is 90.5 cm³/mol. The van der Waals surface area contributed by atoms with Crippen LogP contribution in [0.3, 0.4) is 0 Å². The zero-order chi connectivity index (χ0) is 15.8. The van der Waals surface area contributed by atoms with Crippen molar-refractivity contribution in [3.8, 4) is 0 Å². The Bertz CT molecular complexity index is 630. The number of carbonyl (C=O) groups is 1. The lowest BCUT2D eigenvalue weighted by atomic mass is 10.1. The van der Waals surface area contributed by atoms with Crippen molar-refractivity contribution in [1.29, 1.82) is 0 Å². The molecule has 0 spiro atoms. The molecule has 0 fully saturated rings. The molecule has 0 aromatic heterocycles. The van der Waals surface area contributed by atoms with E-state index in [4.69, 9.17) is 0 Å². The van der Waals surface area contributed by atoms with Crippen LogP contribution in [0.4, 0.5) is 4.39 Å². The Labute approximate surface area is 135 Å².